The molecule has 1 aliphatic rings. The van der Waals surface area contributed by atoms with Gasteiger partial charge in [-0.25, -0.2) is 10.1 Å². The zero-order chi connectivity index (χ0) is 25.7. The highest BCUT2D eigenvalue weighted by molar-refractivity contribution is 5.94. The average Bonchev–Trinajstić information content (AvgIpc) is 3.46. The number of amides is 1. The summed E-state index contributed by atoms with van der Waals surface area (Å²) < 4.78 is 16.6. The molecule has 0 saturated carbocycles. The number of piperidine rings is 1. The van der Waals surface area contributed by atoms with Gasteiger partial charge in [0.2, 0.25) is 11.6 Å². The Balaban J connectivity index is 1.60. The van der Waals surface area contributed by atoms with Gasteiger partial charge in [-0.1, -0.05) is 17.7 Å². The number of ether oxygens (including phenoxy) is 2. The van der Waals surface area contributed by atoms with Crippen LogP contribution < -0.4 is 20.6 Å². The highest BCUT2D eigenvalue weighted by atomic mass is 16.6. The normalized spacial score (nSPS) is 16.2. The molecule has 1 amide bonds. The summed E-state index contributed by atoms with van der Waals surface area (Å²) in [6.45, 7) is 4.67. The van der Waals surface area contributed by atoms with Gasteiger partial charge in [0, 0.05) is 25.1 Å². The van der Waals surface area contributed by atoms with Crippen LogP contribution in [0.25, 0.3) is 5.82 Å². The first-order valence-electron chi connectivity index (χ1n) is 11.3. The standard InChI is InChI=1S/C22H27N9O5/c1-13-7-4-5-10-30(13)12-16-18(25-29-31(16)21-20(23)27-36-28-21)22(33)26-24-11-15-8-6-9-17(34-3)19(15)35-14(2)32/h6,8-9,11,13H,4-5,7,10,12H2,1-3H3,(H2,23,27)(H,26,33)/b24-11+/t13-/m1/s1. The van der Waals surface area contributed by atoms with E-state index in [4.69, 9.17) is 19.8 Å². The molecule has 3 N–H and O–H groups in total. The Morgan fingerprint density at radius 3 is 2.86 bits per heavy atom. The number of nitrogens with one attached hydrogen (secondary N) is 1. The zero-order valence-electron chi connectivity index (χ0n) is 20.2. The van der Waals surface area contributed by atoms with Crippen molar-refractivity contribution in [3.05, 3.63) is 35.2 Å². The van der Waals surface area contributed by atoms with Crippen LogP contribution in [-0.4, -0.2) is 68.0 Å². The lowest BCUT2D eigenvalue weighted by Gasteiger charge is -2.33. The summed E-state index contributed by atoms with van der Waals surface area (Å²) in [6, 6.07) is 5.33. The van der Waals surface area contributed by atoms with Crippen LogP contribution in [0.4, 0.5) is 5.82 Å². The Morgan fingerprint density at radius 2 is 2.17 bits per heavy atom. The van der Waals surface area contributed by atoms with Crippen LogP contribution in [0.5, 0.6) is 11.5 Å². The molecular weight excluding hydrogens is 470 g/mol. The number of anilines is 1. The van der Waals surface area contributed by atoms with Crippen LogP contribution in [0.3, 0.4) is 0 Å². The lowest BCUT2D eigenvalue weighted by Crippen LogP contribution is -2.38. The van der Waals surface area contributed by atoms with Gasteiger partial charge in [0.05, 0.1) is 19.0 Å². The molecular formula is C22H27N9O5. The number of carbonyl (C=O) groups excluding carboxylic acids is 2. The van der Waals surface area contributed by atoms with E-state index in [9.17, 15) is 9.59 Å². The largest absolute Gasteiger partial charge is 0.493 e. The van der Waals surface area contributed by atoms with E-state index in [0.717, 1.165) is 25.8 Å². The van der Waals surface area contributed by atoms with Gasteiger partial charge in [-0.15, -0.1) is 5.10 Å². The first-order chi connectivity index (χ1) is 17.4. The second-order valence-electron chi connectivity index (χ2n) is 8.26. The van der Waals surface area contributed by atoms with Crippen molar-refractivity contribution in [2.45, 2.75) is 45.7 Å². The van der Waals surface area contributed by atoms with E-state index < -0.39 is 11.9 Å². The Bertz CT molecular complexity index is 1270. The Morgan fingerprint density at radius 1 is 1.33 bits per heavy atom. The van der Waals surface area contributed by atoms with Crippen molar-refractivity contribution >= 4 is 23.9 Å². The van der Waals surface area contributed by atoms with Crippen LogP contribution in [0.2, 0.25) is 0 Å². The van der Waals surface area contributed by atoms with Crippen molar-refractivity contribution in [1.29, 1.82) is 0 Å². The summed E-state index contributed by atoms with van der Waals surface area (Å²) in [6.07, 6.45) is 4.59. The van der Waals surface area contributed by atoms with Crippen LogP contribution >= 0.6 is 0 Å². The third-order valence-electron chi connectivity index (χ3n) is 5.81. The molecule has 0 unspecified atom stereocenters. The fourth-order valence-corrected chi connectivity index (χ4v) is 3.97. The van der Waals surface area contributed by atoms with Crippen LogP contribution in [0.15, 0.2) is 27.9 Å². The quantitative estimate of drug-likeness (QED) is 0.198. The number of aromatic nitrogens is 5. The number of rotatable bonds is 8. The molecule has 1 saturated heterocycles. The Hall–Kier alpha value is -4.33. The number of hydrogen-bond acceptors (Lipinski definition) is 12. The predicted octanol–water partition coefficient (Wildman–Crippen LogP) is 1.30. The number of likely N-dealkylation sites (tertiary alicyclic amines) is 1. The molecule has 3 heterocycles. The van der Waals surface area contributed by atoms with Gasteiger partial charge in [0.15, 0.2) is 17.2 Å². The van der Waals surface area contributed by atoms with Crippen LogP contribution in [0, 0.1) is 0 Å². The minimum atomic E-state index is -0.593. The summed E-state index contributed by atoms with van der Waals surface area (Å²) in [7, 11) is 1.45. The van der Waals surface area contributed by atoms with E-state index >= 15 is 0 Å². The van der Waals surface area contributed by atoms with Crippen molar-refractivity contribution in [3.63, 3.8) is 0 Å². The van der Waals surface area contributed by atoms with E-state index in [1.165, 1.54) is 24.9 Å². The molecule has 14 heteroatoms. The molecule has 14 nitrogen and oxygen atoms in total. The fraction of sp³-hybridized carbons (Fsp3) is 0.409. The second kappa shape index (κ2) is 10.9. The molecule has 1 atom stereocenters. The number of nitrogens with zero attached hydrogens (tertiary/aromatic N) is 7. The molecule has 0 spiro atoms. The number of carbonyl (C=O) groups is 2. The molecule has 0 aliphatic carbocycles. The van der Waals surface area contributed by atoms with Crippen molar-refractivity contribution in [3.8, 4) is 17.3 Å². The summed E-state index contributed by atoms with van der Waals surface area (Å²) in [5, 5.41) is 19.6. The molecule has 1 aliphatic heterocycles. The molecule has 0 bridgehead atoms. The molecule has 190 valence electrons. The number of hydrogen-bond donors (Lipinski definition) is 2. The van der Waals surface area contributed by atoms with E-state index in [0.29, 0.717) is 29.6 Å². The third-order valence-corrected chi connectivity index (χ3v) is 5.81. The number of nitrogen functional groups attached to an aromatic ring is 1. The maximum absolute atomic E-state index is 13.1. The lowest BCUT2D eigenvalue weighted by atomic mass is 10.0. The number of nitrogens with two attached hydrogens (primary N) is 1. The van der Waals surface area contributed by atoms with Gasteiger partial charge < -0.3 is 15.2 Å². The number of esters is 1. The first-order valence-corrected chi connectivity index (χ1v) is 11.3. The minimum absolute atomic E-state index is 0.0221. The second-order valence-corrected chi connectivity index (χ2v) is 8.26. The van der Waals surface area contributed by atoms with Gasteiger partial charge in [0.1, 0.15) is 0 Å². The van der Waals surface area contributed by atoms with E-state index in [-0.39, 0.29) is 23.1 Å². The Kier molecular flexibility index (Phi) is 7.53. The summed E-state index contributed by atoms with van der Waals surface area (Å²) >= 11 is 0. The maximum Gasteiger partial charge on any atom is 0.308 e. The van der Waals surface area contributed by atoms with Crippen LogP contribution in [0.1, 0.15) is 54.9 Å². The molecule has 1 fully saturated rings. The fourth-order valence-electron chi connectivity index (χ4n) is 3.97. The van der Waals surface area contributed by atoms with Crippen molar-refractivity contribution in [2.75, 3.05) is 19.4 Å². The van der Waals surface area contributed by atoms with Crippen LogP contribution in [-0.2, 0) is 11.3 Å². The predicted molar refractivity (Wildman–Crippen MR) is 127 cm³/mol. The van der Waals surface area contributed by atoms with E-state index in [2.05, 4.69) is 43.0 Å². The third kappa shape index (κ3) is 5.33. The van der Waals surface area contributed by atoms with Gasteiger partial charge in [-0.3, -0.25) is 14.5 Å². The van der Waals surface area contributed by atoms with Gasteiger partial charge in [0.25, 0.3) is 5.91 Å². The summed E-state index contributed by atoms with van der Waals surface area (Å²) in [5.41, 5.74) is 9.27. The number of benzene rings is 1. The Labute approximate surface area is 206 Å². The molecule has 3 aromatic rings. The van der Waals surface area contributed by atoms with Gasteiger partial charge in [-0.2, -0.15) is 9.78 Å². The number of para-hydroxylation sites is 1. The lowest BCUT2D eigenvalue weighted by molar-refractivity contribution is -0.132. The van der Waals surface area contributed by atoms with Crippen molar-refractivity contribution < 1.29 is 23.7 Å². The molecule has 0 radical (unpaired) electrons. The number of hydrazone groups is 1. The van der Waals surface area contributed by atoms with E-state index in [1.54, 1.807) is 18.2 Å². The molecule has 1 aromatic carbocycles. The average molecular weight is 498 g/mol. The smallest absolute Gasteiger partial charge is 0.308 e. The SMILES string of the molecule is COc1cccc(/C=N/NC(=O)c2nnn(-c3nonc3N)c2CN2CCCC[C@H]2C)c1OC(C)=O. The van der Waals surface area contributed by atoms with E-state index in [1.807, 2.05) is 0 Å². The highest BCUT2D eigenvalue weighted by Gasteiger charge is 2.28. The molecule has 36 heavy (non-hydrogen) atoms. The summed E-state index contributed by atoms with van der Waals surface area (Å²) in [5.74, 6) is -0.413. The summed E-state index contributed by atoms with van der Waals surface area (Å²) in [4.78, 5) is 26.8. The minimum Gasteiger partial charge on any atom is -0.493 e. The highest BCUT2D eigenvalue weighted by Crippen LogP contribution is 2.30. The first kappa shape index (κ1) is 24.8. The van der Waals surface area contributed by atoms with Crippen molar-refractivity contribution in [2.24, 2.45) is 5.10 Å². The van der Waals surface area contributed by atoms with Gasteiger partial charge in [-0.05, 0) is 48.8 Å². The number of methoxy groups -OCH3 is 1. The maximum atomic E-state index is 13.1. The topological polar surface area (TPSA) is 176 Å². The monoisotopic (exact) mass is 497 g/mol. The van der Waals surface area contributed by atoms with Gasteiger partial charge >= 0.3 is 5.97 Å². The van der Waals surface area contributed by atoms with Crippen molar-refractivity contribution in [1.82, 2.24) is 35.6 Å². The molecule has 2 aromatic heterocycles. The zero-order valence-corrected chi connectivity index (χ0v) is 20.2. The molecule has 4 rings (SSSR count).